The van der Waals surface area contributed by atoms with Crippen LogP contribution in [0.5, 0.6) is 11.5 Å². The Morgan fingerprint density at radius 2 is 1.61 bits per heavy atom. The van der Waals surface area contributed by atoms with Crippen LogP contribution in [0.1, 0.15) is 43.7 Å². The van der Waals surface area contributed by atoms with E-state index in [2.05, 4.69) is 62.0 Å². The van der Waals surface area contributed by atoms with Crippen molar-refractivity contribution in [2.45, 2.75) is 32.6 Å². The third-order valence-electron chi connectivity index (χ3n) is 5.40. The minimum Gasteiger partial charge on any atom is -0.508 e. The van der Waals surface area contributed by atoms with E-state index in [0.717, 1.165) is 48.4 Å². The summed E-state index contributed by atoms with van der Waals surface area (Å²) in [5.41, 5.74) is 9.09. The second-order valence-electron chi connectivity index (χ2n) is 8.07. The minimum atomic E-state index is 0.273. The average molecular weight is 416 g/mol. The van der Waals surface area contributed by atoms with Gasteiger partial charge in [0.25, 0.3) is 0 Å². The van der Waals surface area contributed by atoms with Gasteiger partial charge in [0.05, 0.1) is 6.61 Å². The zero-order chi connectivity index (χ0) is 22.1. The molecule has 1 N–H and O–H groups in total. The summed E-state index contributed by atoms with van der Waals surface area (Å²) in [5, 5.41) is 9.75. The van der Waals surface area contributed by atoms with Crippen molar-refractivity contribution in [2.75, 3.05) is 27.2 Å². The molecule has 0 bridgehead atoms. The molecule has 0 aliphatic heterocycles. The molecule has 0 fully saturated rings. The van der Waals surface area contributed by atoms with Gasteiger partial charge in [-0.25, -0.2) is 0 Å². The SMILES string of the molecule is CC/C(C1=C=CC=C1)=C(/c1ccc(O)cc1)c1ccc(OCCCCCN(C)C)cc1. The topological polar surface area (TPSA) is 32.7 Å². The fourth-order valence-electron chi connectivity index (χ4n) is 3.78. The molecule has 2 aromatic rings. The fourth-order valence-corrected chi connectivity index (χ4v) is 3.78. The Morgan fingerprint density at radius 3 is 2.19 bits per heavy atom. The predicted molar refractivity (Wildman–Crippen MR) is 129 cm³/mol. The smallest absolute Gasteiger partial charge is 0.119 e. The zero-order valence-electron chi connectivity index (χ0n) is 18.9. The van der Waals surface area contributed by atoms with Crippen molar-refractivity contribution in [1.82, 2.24) is 4.90 Å². The lowest BCUT2D eigenvalue weighted by Gasteiger charge is -2.16. The molecule has 2 aromatic carbocycles. The van der Waals surface area contributed by atoms with Crippen molar-refractivity contribution >= 4 is 5.57 Å². The van der Waals surface area contributed by atoms with Crippen molar-refractivity contribution < 1.29 is 9.84 Å². The Hall–Kier alpha value is -3.00. The number of hydrogen-bond donors (Lipinski definition) is 1. The van der Waals surface area contributed by atoms with Crippen molar-refractivity contribution in [1.29, 1.82) is 0 Å². The van der Waals surface area contributed by atoms with E-state index < -0.39 is 0 Å². The van der Waals surface area contributed by atoms with Gasteiger partial charge in [0.1, 0.15) is 11.5 Å². The molecule has 1 aliphatic carbocycles. The van der Waals surface area contributed by atoms with Crippen LogP contribution in [-0.4, -0.2) is 37.3 Å². The standard InChI is InChI=1S/C28H33NO2/c1-4-27(22-10-6-7-11-22)28(23-12-16-25(30)17-13-23)24-14-18-26(19-15-24)31-21-9-5-8-20-29(2)3/h6-7,10,12-19,30H,4-5,8-9,20-21H2,1-3H3/b28-27+. The maximum atomic E-state index is 9.75. The number of rotatable bonds is 11. The van der Waals surface area contributed by atoms with Crippen LogP contribution in [0.4, 0.5) is 0 Å². The highest BCUT2D eigenvalue weighted by atomic mass is 16.5. The predicted octanol–water partition coefficient (Wildman–Crippen LogP) is 6.37. The van der Waals surface area contributed by atoms with Gasteiger partial charge in [-0.15, -0.1) is 5.73 Å². The first-order chi connectivity index (χ1) is 15.1. The molecular formula is C28H33NO2. The van der Waals surface area contributed by atoms with E-state index in [-0.39, 0.29) is 5.75 Å². The Morgan fingerprint density at radius 1 is 0.935 bits per heavy atom. The van der Waals surface area contributed by atoms with Gasteiger partial charge < -0.3 is 14.7 Å². The third kappa shape index (κ3) is 6.49. The molecule has 3 nitrogen and oxygen atoms in total. The summed E-state index contributed by atoms with van der Waals surface area (Å²) in [6.45, 7) is 4.04. The highest BCUT2D eigenvalue weighted by Gasteiger charge is 2.14. The van der Waals surface area contributed by atoms with E-state index in [4.69, 9.17) is 4.74 Å². The first-order valence-corrected chi connectivity index (χ1v) is 11.1. The molecule has 3 rings (SSSR count). The van der Waals surface area contributed by atoms with E-state index in [0.29, 0.717) is 0 Å². The Kier molecular flexibility index (Phi) is 8.35. The molecule has 0 amide bonds. The number of aromatic hydroxyl groups is 1. The highest BCUT2D eigenvalue weighted by molar-refractivity contribution is 5.85. The van der Waals surface area contributed by atoms with Gasteiger partial charge in [-0.2, -0.15) is 0 Å². The molecule has 0 saturated heterocycles. The molecule has 0 aromatic heterocycles. The normalized spacial score (nSPS) is 13.5. The molecule has 0 atom stereocenters. The molecule has 31 heavy (non-hydrogen) atoms. The zero-order valence-corrected chi connectivity index (χ0v) is 18.9. The Bertz CT molecular complexity index is 973. The lowest BCUT2D eigenvalue weighted by Crippen LogP contribution is -2.13. The monoisotopic (exact) mass is 415 g/mol. The Balaban J connectivity index is 1.78. The quantitative estimate of drug-likeness (QED) is 0.342. The Labute approximate surface area is 186 Å². The van der Waals surface area contributed by atoms with Crippen molar-refractivity contribution in [3.8, 4) is 11.5 Å². The molecule has 0 spiro atoms. The molecule has 0 radical (unpaired) electrons. The molecule has 162 valence electrons. The van der Waals surface area contributed by atoms with Gasteiger partial charge in [0.2, 0.25) is 0 Å². The number of phenols is 1. The van der Waals surface area contributed by atoms with Gasteiger partial charge in [-0.05, 0) is 105 Å². The highest BCUT2D eigenvalue weighted by Crippen LogP contribution is 2.34. The van der Waals surface area contributed by atoms with Gasteiger partial charge in [0.15, 0.2) is 0 Å². The summed E-state index contributed by atoms with van der Waals surface area (Å²) in [4.78, 5) is 2.22. The summed E-state index contributed by atoms with van der Waals surface area (Å²) in [5.74, 6) is 1.18. The van der Waals surface area contributed by atoms with Gasteiger partial charge in [0, 0.05) is 5.57 Å². The van der Waals surface area contributed by atoms with Crippen molar-refractivity contribution in [3.05, 3.63) is 94.8 Å². The van der Waals surface area contributed by atoms with E-state index in [1.165, 1.54) is 24.0 Å². The summed E-state index contributed by atoms with van der Waals surface area (Å²) in [7, 11) is 4.22. The van der Waals surface area contributed by atoms with E-state index >= 15 is 0 Å². The lowest BCUT2D eigenvalue weighted by molar-refractivity contribution is 0.299. The summed E-state index contributed by atoms with van der Waals surface area (Å²) < 4.78 is 5.96. The maximum Gasteiger partial charge on any atom is 0.119 e. The van der Waals surface area contributed by atoms with Crippen molar-refractivity contribution in [3.63, 3.8) is 0 Å². The van der Waals surface area contributed by atoms with Crippen LogP contribution in [0.25, 0.3) is 5.57 Å². The van der Waals surface area contributed by atoms with E-state index in [1.807, 2.05) is 24.3 Å². The van der Waals surface area contributed by atoms with Gasteiger partial charge in [-0.1, -0.05) is 37.3 Å². The van der Waals surface area contributed by atoms with Gasteiger partial charge in [-0.3, -0.25) is 0 Å². The molecule has 0 heterocycles. The lowest BCUT2D eigenvalue weighted by atomic mass is 9.88. The van der Waals surface area contributed by atoms with Gasteiger partial charge >= 0.3 is 0 Å². The van der Waals surface area contributed by atoms with Crippen LogP contribution in [-0.2, 0) is 0 Å². The molecular weight excluding hydrogens is 382 g/mol. The number of nitrogens with zero attached hydrogens (tertiary/aromatic N) is 1. The minimum absolute atomic E-state index is 0.273. The van der Waals surface area contributed by atoms with Crippen LogP contribution in [0.15, 0.2) is 83.6 Å². The third-order valence-corrected chi connectivity index (χ3v) is 5.40. The molecule has 3 heteroatoms. The van der Waals surface area contributed by atoms with E-state index in [9.17, 15) is 5.11 Å². The van der Waals surface area contributed by atoms with Crippen LogP contribution in [0.2, 0.25) is 0 Å². The number of unbranched alkanes of at least 4 members (excludes halogenated alkanes) is 2. The summed E-state index contributed by atoms with van der Waals surface area (Å²) >= 11 is 0. The van der Waals surface area contributed by atoms with E-state index in [1.54, 1.807) is 12.1 Å². The largest absolute Gasteiger partial charge is 0.508 e. The summed E-state index contributed by atoms with van der Waals surface area (Å²) in [6, 6.07) is 15.8. The van der Waals surface area contributed by atoms with Crippen LogP contribution < -0.4 is 4.74 Å². The van der Waals surface area contributed by atoms with Crippen LogP contribution >= 0.6 is 0 Å². The van der Waals surface area contributed by atoms with Crippen LogP contribution in [0.3, 0.4) is 0 Å². The molecule has 0 saturated carbocycles. The second-order valence-corrected chi connectivity index (χ2v) is 8.07. The van der Waals surface area contributed by atoms with Crippen molar-refractivity contribution in [2.24, 2.45) is 0 Å². The number of ether oxygens (including phenoxy) is 1. The molecule has 0 unspecified atom stereocenters. The first kappa shape index (κ1) is 22.7. The second kappa shape index (κ2) is 11.4. The summed E-state index contributed by atoms with van der Waals surface area (Å²) in [6.07, 6.45) is 10.4. The number of hydrogen-bond acceptors (Lipinski definition) is 3. The first-order valence-electron chi connectivity index (χ1n) is 11.1. The maximum absolute atomic E-state index is 9.75. The fraction of sp³-hybridized carbons (Fsp3) is 0.321. The molecule has 1 aliphatic rings. The average Bonchev–Trinajstić information content (AvgIpc) is 3.30. The van der Waals surface area contributed by atoms with Crippen LogP contribution in [0, 0.1) is 0 Å². The number of allylic oxidation sites excluding steroid dienone is 4. The number of benzene rings is 2. The number of phenolic OH excluding ortho intramolecular Hbond substituents is 1.